The summed E-state index contributed by atoms with van der Waals surface area (Å²) in [5.74, 6) is -1.27. The van der Waals surface area contributed by atoms with Crippen molar-refractivity contribution in [3.63, 3.8) is 0 Å². The van der Waals surface area contributed by atoms with Crippen LogP contribution in [0.15, 0.2) is 89.9 Å². The molecule has 190 valence electrons. The smallest absolute Gasteiger partial charge is 0.267 e. The SMILES string of the molecule is O=C(/C=C/c1ccn(S(=O)(=O)c2ccc(C(=O)NC3=CCC(Cl)C(c4ccccn4)=C3)c(Cl)c2)c1)NO. The second-order valence-electron chi connectivity index (χ2n) is 7.86. The van der Waals surface area contributed by atoms with Gasteiger partial charge in [0, 0.05) is 30.4 Å². The summed E-state index contributed by atoms with van der Waals surface area (Å²) in [5, 5.41) is 11.0. The van der Waals surface area contributed by atoms with Crippen molar-refractivity contribution < 1.29 is 23.2 Å². The number of carbonyl (C=O) groups is 2. The van der Waals surface area contributed by atoms with E-state index in [9.17, 15) is 18.0 Å². The lowest BCUT2D eigenvalue weighted by Gasteiger charge is -2.19. The first-order valence-corrected chi connectivity index (χ1v) is 13.1. The summed E-state index contributed by atoms with van der Waals surface area (Å²) in [6.07, 6.45) is 10.6. The van der Waals surface area contributed by atoms with Gasteiger partial charge in [0.25, 0.3) is 21.8 Å². The highest BCUT2D eigenvalue weighted by molar-refractivity contribution is 7.90. The van der Waals surface area contributed by atoms with Crippen molar-refractivity contribution in [1.29, 1.82) is 0 Å². The Labute approximate surface area is 222 Å². The fourth-order valence-corrected chi connectivity index (χ4v) is 5.37. The van der Waals surface area contributed by atoms with Crippen LogP contribution in [0.1, 0.15) is 28.0 Å². The van der Waals surface area contributed by atoms with Gasteiger partial charge in [-0.15, -0.1) is 11.6 Å². The lowest BCUT2D eigenvalue weighted by Crippen LogP contribution is -2.24. The highest BCUT2D eigenvalue weighted by Crippen LogP contribution is 2.29. The highest BCUT2D eigenvalue weighted by Gasteiger charge is 2.22. The Morgan fingerprint density at radius 1 is 1.19 bits per heavy atom. The Hall–Kier alpha value is -3.70. The van der Waals surface area contributed by atoms with E-state index < -0.39 is 21.8 Å². The molecule has 4 rings (SSSR count). The number of pyridine rings is 1. The second kappa shape index (κ2) is 11.1. The van der Waals surface area contributed by atoms with Crippen molar-refractivity contribution in [1.82, 2.24) is 19.8 Å². The van der Waals surface area contributed by atoms with Gasteiger partial charge in [0.05, 0.1) is 26.6 Å². The van der Waals surface area contributed by atoms with E-state index in [2.05, 4.69) is 10.3 Å². The zero-order chi connectivity index (χ0) is 26.6. The van der Waals surface area contributed by atoms with Crippen LogP contribution in [-0.2, 0) is 14.8 Å². The van der Waals surface area contributed by atoms with Gasteiger partial charge in [0.2, 0.25) is 0 Å². The molecule has 12 heteroatoms. The molecule has 3 aromatic rings. The minimum absolute atomic E-state index is 0.0500. The third kappa shape index (κ3) is 6.00. The normalized spacial score (nSPS) is 15.7. The van der Waals surface area contributed by atoms with E-state index >= 15 is 0 Å². The molecule has 3 N–H and O–H groups in total. The summed E-state index contributed by atoms with van der Waals surface area (Å²) in [7, 11) is -4.02. The first-order valence-electron chi connectivity index (χ1n) is 10.8. The third-order valence-electron chi connectivity index (χ3n) is 5.40. The average Bonchev–Trinajstić information content (AvgIpc) is 3.39. The van der Waals surface area contributed by atoms with Gasteiger partial charge in [0.1, 0.15) is 0 Å². The minimum atomic E-state index is -4.02. The predicted molar refractivity (Wildman–Crippen MR) is 139 cm³/mol. The van der Waals surface area contributed by atoms with E-state index in [0.717, 1.165) is 15.6 Å². The second-order valence-corrected chi connectivity index (χ2v) is 10.6. The maximum absolute atomic E-state index is 13.0. The van der Waals surface area contributed by atoms with E-state index in [4.69, 9.17) is 28.4 Å². The van der Waals surface area contributed by atoms with Crippen molar-refractivity contribution in [2.45, 2.75) is 16.7 Å². The topological polar surface area (TPSA) is 130 Å². The van der Waals surface area contributed by atoms with Crippen LogP contribution >= 0.6 is 23.2 Å². The van der Waals surface area contributed by atoms with Crippen LogP contribution in [0.4, 0.5) is 0 Å². The number of carbonyl (C=O) groups excluding carboxylic acids is 2. The van der Waals surface area contributed by atoms with Crippen LogP contribution in [0.3, 0.4) is 0 Å². The molecular formula is C25H20Cl2N4O5S. The Balaban J connectivity index is 1.52. The number of halogens is 2. The molecule has 9 nitrogen and oxygen atoms in total. The fourth-order valence-electron chi connectivity index (χ4n) is 3.54. The number of hydrogen-bond acceptors (Lipinski definition) is 6. The number of aromatic nitrogens is 2. The van der Waals surface area contributed by atoms with Crippen LogP contribution < -0.4 is 10.8 Å². The summed E-state index contributed by atoms with van der Waals surface area (Å²) in [4.78, 5) is 28.2. The number of nitrogens with one attached hydrogen (secondary N) is 2. The van der Waals surface area contributed by atoms with Crippen LogP contribution in [0, 0.1) is 0 Å². The molecule has 0 saturated heterocycles. The van der Waals surface area contributed by atoms with Gasteiger partial charge in [-0.1, -0.05) is 23.7 Å². The number of allylic oxidation sites excluding steroid dienone is 3. The van der Waals surface area contributed by atoms with Crippen LogP contribution in [-0.4, -0.2) is 39.8 Å². The zero-order valence-corrected chi connectivity index (χ0v) is 21.3. The van der Waals surface area contributed by atoms with E-state index in [1.165, 1.54) is 48.2 Å². The Bertz CT molecular complexity index is 1550. The van der Waals surface area contributed by atoms with Crippen LogP contribution in [0.5, 0.6) is 0 Å². The van der Waals surface area contributed by atoms with E-state index in [0.29, 0.717) is 23.4 Å². The Morgan fingerprint density at radius 3 is 2.70 bits per heavy atom. The maximum Gasteiger partial charge on any atom is 0.267 e. The maximum atomic E-state index is 13.0. The molecule has 2 heterocycles. The predicted octanol–water partition coefficient (Wildman–Crippen LogP) is 4.00. The number of hydroxylamine groups is 1. The molecule has 1 unspecified atom stereocenters. The molecule has 1 aliphatic rings. The fraction of sp³-hybridized carbons (Fsp3) is 0.0800. The molecule has 2 aromatic heterocycles. The molecule has 0 bridgehead atoms. The first-order chi connectivity index (χ1) is 17.7. The Morgan fingerprint density at radius 2 is 2.00 bits per heavy atom. The number of nitrogens with zero attached hydrogens (tertiary/aromatic N) is 2. The van der Waals surface area contributed by atoms with Gasteiger partial charge < -0.3 is 5.32 Å². The van der Waals surface area contributed by atoms with Gasteiger partial charge in [-0.05, 0) is 66.1 Å². The molecule has 0 fully saturated rings. The van der Waals surface area contributed by atoms with Gasteiger partial charge in [-0.2, -0.15) is 0 Å². The molecular weight excluding hydrogens is 539 g/mol. The van der Waals surface area contributed by atoms with E-state index in [1.807, 2.05) is 12.1 Å². The molecule has 1 atom stereocenters. The summed E-state index contributed by atoms with van der Waals surface area (Å²) in [5.41, 5.74) is 3.94. The summed E-state index contributed by atoms with van der Waals surface area (Å²) >= 11 is 12.7. The van der Waals surface area contributed by atoms with Gasteiger partial charge in [0.15, 0.2) is 0 Å². The first kappa shape index (κ1) is 26.4. The molecule has 0 aliphatic heterocycles. The molecule has 1 aromatic carbocycles. The number of amides is 2. The zero-order valence-electron chi connectivity index (χ0n) is 19.0. The number of benzene rings is 1. The molecule has 37 heavy (non-hydrogen) atoms. The number of hydrogen-bond donors (Lipinski definition) is 3. The third-order valence-corrected chi connectivity index (χ3v) is 7.76. The Kier molecular flexibility index (Phi) is 7.94. The lowest BCUT2D eigenvalue weighted by molar-refractivity contribution is -0.124. The van der Waals surface area contributed by atoms with Crippen molar-refractivity contribution in [3.8, 4) is 0 Å². The summed E-state index contributed by atoms with van der Waals surface area (Å²) in [6, 6.07) is 10.8. The highest BCUT2D eigenvalue weighted by atomic mass is 35.5. The number of alkyl halides is 1. The van der Waals surface area contributed by atoms with Crippen LogP contribution in [0.2, 0.25) is 5.02 Å². The lowest BCUT2D eigenvalue weighted by atomic mass is 9.99. The minimum Gasteiger partial charge on any atom is -0.322 e. The van der Waals surface area contributed by atoms with Crippen LogP contribution in [0.25, 0.3) is 11.6 Å². The quantitative estimate of drug-likeness (QED) is 0.174. The van der Waals surface area contributed by atoms with Gasteiger partial charge in [-0.3, -0.25) is 19.8 Å². The number of rotatable bonds is 7. The molecule has 0 saturated carbocycles. The van der Waals surface area contributed by atoms with E-state index in [1.54, 1.807) is 24.4 Å². The summed E-state index contributed by atoms with van der Waals surface area (Å²) < 4.78 is 27.0. The largest absolute Gasteiger partial charge is 0.322 e. The standard InChI is InChI=1S/C25H20Cl2N4O5S/c26-21-8-5-17(13-20(21)23-3-1-2-11-28-23)29-25(33)19-7-6-18(14-22(19)27)37(35,36)31-12-10-16(15-31)4-9-24(32)30-34/h1-7,9-15,21,34H,8H2,(H,29,33)(H,30,32)/b9-4+. The van der Waals surface area contributed by atoms with Crippen molar-refractivity contribution >= 4 is 56.7 Å². The monoisotopic (exact) mass is 558 g/mol. The van der Waals surface area contributed by atoms with Crippen molar-refractivity contribution in [3.05, 3.63) is 107 Å². The molecule has 0 spiro atoms. The average molecular weight is 559 g/mol. The molecule has 0 radical (unpaired) electrons. The molecule has 1 aliphatic carbocycles. The van der Waals surface area contributed by atoms with Crippen molar-refractivity contribution in [2.24, 2.45) is 0 Å². The van der Waals surface area contributed by atoms with Gasteiger partial charge in [-0.25, -0.2) is 17.9 Å². The van der Waals surface area contributed by atoms with E-state index in [-0.39, 0.29) is 20.9 Å². The van der Waals surface area contributed by atoms with Crippen molar-refractivity contribution in [2.75, 3.05) is 0 Å². The summed E-state index contributed by atoms with van der Waals surface area (Å²) in [6.45, 7) is 0. The molecule has 2 amide bonds. The van der Waals surface area contributed by atoms with Gasteiger partial charge >= 0.3 is 0 Å².